The van der Waals surface area contributed by atoms with Crippen molar-refractivity contribution in [2.24, 2.45) is 5.73 Å². The van der Waals surface area contributed by atoms with Crippen molar-refractivity contribution in [1.29, 1.82) is 0 Å². The van der Waals surface area contributed by atoms with Crippen LogP contribution in [0.2, 0.25) is 0 Å². The Kier molecular flexibility index (Phi) is 5.28. The van der Waals surface area contributed by atoms with E-state index in [0.29, 0.717) is 13.0 Å². The summed E-state index contributed by atoms with van der Waals surface area (Å²) >= 11 is 0. The van der Waals surface area contributed by atoms with Crippen molar-refractivity contribution in [3.05, 3.63) is 42.2 Å². The Balaban J connectivity index is 1.77. The highest BCUT2D eigenvalue weighted by Gasteiger charge is 2.15. The zero-order valence-corrected chi connectivity index (χ0v) is 14.4. The Morgan fingerprint density at radius 1 is 1.27 bits per heavy atom. The fraction of sp³-hybridized carbons (Fsp3) is 0.294. The molecule has 9 nitrogen and oxygen atoms in total. The number of para-hydroxylation sites is 1. The number of aromatic nitrogens is 4. The lowest BCUT2D eigenvalue weighted by atomic mass is 10.1. The molecule has 0 radical (unpaired) electrons. The van der Waals surface area contributed by atoms with Crippen molar-refractivity contribution in [2.45, 2.75) is 19.9 Å². The summed E-state index contributed by atoms with van der Waals surface area (Å²) in [6, 6.07) is 7.68. The number of anilines is 1. The average molecular weight is 356 g/mol. The fourth-order valence-corrected chi connectivity index (χ4v) is 2.73. The maximum atomic E-state index is 12.7. The second-order valence-electron chi connectivity index (χ2n) is 5.62. The van der Waals surface area contributed by atoms with Crippen LogP contribution in [0.1, 0.15) is 17.3 Å². The third kappa shape index (κ3) is 3.72. The SMILES string of the molecule is CCOC(=O)Nc1cn(CC(=O)n2cc(CCN)c3ccccc32)nn1. The second kappa shape index (κ2) is 7.79. The van der Waals surface area contributed by atoms with Crippen LogP contribution < -0.4 is 11.1 Å². The van der Waals surface area contributed by atoms with Crippen LogP contribution in [0.3, 0.4) is 0 Å². The van der Waals surface area contributed by atoms with Gasteiger partial charge in [-0.1, -0.05) is 23.4 Å². The summed E-state index contributed by atoms with van der Waals surface area (Å²) in [5.41, 5.74) is 7.52. The molecule has 3 N–H and O–H groups in total. The summed E-state index contributed by atoms with van der Waals surface area (Å²) in [5, 5.41) is 11.1. The molecule has 0 atom stereocenters. The molecule has 0 spiro atoms. The van der Waals surface area contributed by atoms with Gasteiger partial charge in [-0.05, 0) is 31.5 Å². The first-order chi connectivity index (χ1) is 12.6. The molecule has 2 aromatic heterocycles. The van der Waals surface area contributed by atoms with Gasteiger partial charge in [-0.3, -0.25) is 14.7 Å². The smallest absolute Gasteiger partial charge is 0.412 e. The minimum Gasteiger partial charge on any atom is -0.450 e. The van der Waals surface area contributed by atoms with Crippen molar-refractivity contribution >= 4 is 28.7 Å². The summed E-state index contributed by atoms with van der Waals surface area (Å²) in [6.07, 6.45) is 3.36. The number of nitrogens with two attached hydrogens (primary N) is 1. The molecule has 0 saturated carbocycles. The first-order valence-corrected chi connectivity index (χ1v) is 8.28. The maximum absolute atomic E-state index is 12.7. The van der Waals surface area contributed by atoms with E-state index in [2.05, 4.69) is 15.6 Å². The van der Waals surface area contributed by atoms with Gasteiger partial charge in [0.05, 0.1) is 18.3 Å². The minimum absolute atomic E-state index is 0.0156. The summed E-state index contributed by atoms with van der Waals surface area (Å²) < 4.78 is 7.73. The van der Waals surface area contributed by atoms with E-state index >= 15 is 0 Å². The third-order valence-electron chi connectivity index (χ3n) is 3.82. The molecular formula is C17H20N6O3. The highest BCUT2D eigenvalue weighted by molar-refractivity contribution is 5.94. The number of benzene rings is 1. The summed E-state index contributed by atoms with van der Waals surface area (Å²) in [5.74, 6) is 0.0505. The molecule has 0 fully saturated rings. The molecule has 1 amide bonds. The van der Waals surface area contributed by atoms with Gasteiger partial charge < -0.3 is 10.5 Å². The van der Waals surface area contributed by atoms with Crippen molar-refractivity contribution in [1.82, 2.24) is 19.6 Å². The maximum Gasteiger partial charge on any atom is 0.412 e. The molecule has 136 valence electrons. The monoisotopic (exact) mass is 356 g/mol. The van der Waals surface area contributed by atoms with Gasteiger partial charge in [-0.25, -0.2) is 9.48 Å². The molecule has 0 aliphatic rings. The van der Waals surface area contributed by atoms with Gasteiger partial charge in [0, 0.05) is 11.6 Å². The molecule has 0 bridgehead atoms. The summed E-state index contributed by atoms with van der Waals surface area (Å²) in [7, 11) is 0. The van der Waals surface area contributed by atoms with E-state index in [-0.39, 0.29) is 24.9 Å². The van der Waals surface area contributed by atoms with Gasteiger partial charge in [0.15, 0.2) is 5.82 Å². The lowest BCUT2D eigenvalue weighted by Gasteiger charge is -2.03. The van der Waals surface area contributed by atoms with Gasteiger partial charge >= 0.3 is 6.09 Å². The number of nitrogens with one attached hydrogen (secondary N) is 1. The molecular weight excluding hydrogens is 336 g/mol. The number of carbonyl (C=O) groups is 2. The van der Waals surface area contributed by atoms with Crippen molar-refractivity contribution in [2.75, 3.05) is 18.5 Å². The predicted molar refractivity (Wildman–Crippen MR) is 96.0 cm³/mol. The number of amides is 1. The van der Waals surface area contributed by atoms with Crippen LogP contribution in [-0.4, -0.2) is 44.7 Å². The number of nitrogens with zero attached hydrogens (tertiary/aromatic N) is 4. The number of hydrogen-bond acceptors (Lipinski definition) is 6. The van der Waals surface area contributed by atoms with E-state index in [0.717, 1.165) is 16.5 Å². The molecule has 1 aromatic carbocycles. The topological polar surface area (TPSA) is 117 Å². The van der Waals surface area contributed by atoms with Crippen LogP contribution in [0.25, 0.3) is 10.9 Å². The first kappa shape index (κ1) is 17.6. The van der Waals surface area contributed by atoms with Crippen LogP contribution in [0.5, 0.6) is 0 Å². The molecule has 0 aliphatic heterocycles. The molecule has 0 unspecified atom stereocenters. The Labute approximate surface area is 149 Å². The minimum atomic E-state index is -0.617. The number of carbonyl (C=O) groups excluding carboxylic acids is 2. The lowest BCUT2D eigenvalue weighted by molar-refractivity contribution is 0.0891. The molecule has 9 heteroatoms. The average Bonchev–Trinajstić information content (AvgIpc) is 3.20. The number of ether oxygens (including phenoxy) is 1. The van der Waals surface area contributed by atoms with Crippen LogP contribution in [0, 0.1) is 0 Å². The fourth-order valence-electron chi connectivity index (χ4n) is 2.73. The predicted octanol–water partition coefficient (Wildman–Crippen LogP) is 1.64. The quantitative estimate of drug-likeness (QED) is 0.693. The van der Waals surface area contributed by atoms with Crippen LogP contribution in [0.4, 0.5) is 10.6 Å². The van der Waals surface area contributed by atoms with E-state index in [1.54, 1.807) is 11.5 Å². The molecule has 0 aliphatic carbocycles. The first-order valence-electron chi connectivity index (χ1n) is 8.28. The standard InChI is InChI=1S/C17H20N6O3/c1-2-26-17(25)19-15-10-22(21-20-15)11-16(24)23-9-12(7-8-18)13-5-3-4-6-14(13)23/h3-6,9-10H,2,7-8,11,18H2,1H3,(H,19,25). The number of fused-ring (bicyclic) bond motifs is 1. The zero-order chi connectivity index (χ0) is 18.5. The van der Waals surface area contributed by atoms with Gasteiger partial charge in [-0.2, -0.15) is 0 Å². The molecule has 26 heavy (non-hydrogen) atoms. The van der Waals surface area contributed by atoms with E-state index in [1.807, 2.05) is 30.5 Å². The summed E-state index contributed by atoms with van der Waals surface area (Å²) in [6.45, 7) is 2.45. The molecule has 0 saturated heterocycles. The van der Waals surface area contributed by atoms with Crippen molar-refractivity contribution < 1.29 is 14.3 Å². The Hall–Kier alpha value is -3.20. The van der Waals surface area contributed by atoms with Crippen LogP contribution in [-0.2, 0) is 17.7 Å². The third-order valence-corrected chi connectivity index (χ3v) is 3.82. The highest BCUT2D eigenvalue weighted by Crippen LogP contribution is 2.21. The summed E-state index contributed by atoms with van der Waals surface area (Å²) in [4.78, 5) is 24.1. The molecule has 2 heterocycles. The van der Waals surface area contributed by atoms with Crippen LogP contribution >= 0.6 is 0 Å². The lowest BCUT2D eigenvalue weighted by Crippen LogP contribution is -2.17. The highest BCUT2D eigenvalue weighted by atomic mass is 16.5. The molecule has 3 aromatic rings. The van der Waals surface area contributed by atoms with Gasteiger partial charge in [0.25, 0.3) is 5.91 Å². The van der Waals surface area contributed by atoms with E-state index in [9.17, 15) is 9.59 Å². The molecule has 3 rings (SSSR count). The van der Waals surface area contributed by atoms with Crippen molar-refractivity contribution in [3.63, 3.8) is 0 Å². The Morgan fingerprint density at radius 3 is 2.85 bits per heavy atom. The van der Waals surface area contributed by atoms with Crippen LogP contribution in [0.15, 0.2) is 36.7 Å². The Morgan fingerprint density at radius 2 is 2.08 bits per heavy atom. The van der Waals surface area contributed by atoms with Gasteiger partial charge in [0.1, 0.15) is 6.54 Å². The second-order valence-corrected chi connectivity index (χ2v) is 5.62. The van der Waals surface area contributed by atoms with E-state index in [4.69, 9.17) is 10.5 Å². The van der Waals surface area contributed by atoms with E-state index < -0.39 is 6.09 Å². The Bertz CT molecular complexity index is 930. The number of rotatable bonds is 6. The van der Waals surface area contributed by atoms with Gasteiger partial charge in [-0.15, -0.1) is 5.10 Å². The van der Waals surface area contributed by atoms with Gasteiger partial charge in [0.2, 0.25) is 0 Å². The van der Waals surface area contributed by atoms with E-state index in [1.165, 1.54) is 10.9 Å². The zero-order valence-electron chi connectivity index (χ0n) is 14.4. The van der Waals surface area contributed by atoms with Crippen molar-refractivity contribution in [3.8, 4) is 0 Å². The largest absolute Gasteiger partial charge is 0.450 e. The normalized spacial score (nSPS) is 10.8. The number of hydrogen-bond donors (Lipinski definition) is 2.